The van der Waals surface area contributed by atoms with E-state index in [2.05, 4.69) is 87.8 Å². The summed E-state index contributed by atoms with van der Waals surface area (Å²) in [6.07, 6.45) is 2.53. The third kappa shape index (κ3) is 2.10. The van der Waals surface area contributed by atoms with Gasteiger partial charge in [-0.25, -0.2) is 0 Å². The summed E-state index contributed by atoms with van der Waals surface area (Å²) in [4.78, 5) is 0. The predicted octanol–water partition coefficient (Wildman–Crippen LogP) is 7.10. The van der Waals surface area contributed by atoms with E-state index in [1.807, 2.05) is 0 Å². The van der Waals surface area contributed by atoms with Crippen molar-refractivity contribution in [2.45, 2.75) is 70.6 Å². The highest BCUT2D eigenvalue weighted by molar-refractivity contribution is 9.10. The average molecular weight is 383 g/mol. The van der Waals surface area contributed by atoms with Crippen molar-refractivity contribution in [3.05, 3.63) is 57.1 Å². The van der Waals surface area contributed by atoms with Crippen LogP contribution in [0.1, 0.15) is 76.6 Å². The Kier molecular flexibility index (Phi) is 3.25. The van der Waals surface area contributed by atoms with Crippen LogP contribution < -0.4 is 0 Å². The lowest BCUT2D eigenvalue weighted by Gasteiger charge is -2.42. The molecule has 0 nitrogen and oxygen atoms in total. The first-order valence-electron chi connectivity index (χ1n) is 9.04. The number of rotatable bonds is 0. The topological polar surface area (TPSA) is 0 Å². The lowest BCUT2D eigenvalue weighted by Crippen LogP contribution is -2.34. The van der Waals surface area contributed by atoms with Crippen LogP contribution in [0.4, 0.5) is 0 Å². The monoisotopic (exact) mass is 382 g/mol. The van der Waals surface area contributed by atoms with Crippen molar-refractivity contribution < 1.29 is 0 Å². The lowest BCUT2D eigenvalue weighted by atomic mass is 9.62. The van der Waals surface area contributed by atoms with Crippen LogP contribution in [0.5, 0.6) is 0 Å². The molecule has 0 N–H and O–H groups in total. The highest BCUT2D eigenvalue weighted by Gasteiger charge is 2.42. The second-order valence-electron chi connectivity index (χ2n) is 9.53. The Morgan fingerprint density at radius 2 is 1.21 bits per heavy atom. The molecule has 0 spiro atoms. The second-order valence-corrected chi connectivity index (χ2v) is 10.4. The highest BCUT2D eigenvalue weighted by atomic mass is 79.9. The van der Waals surface area contributed by atoms with Crippen LogP contribution in [-0.2, 0) is 16.2 Å². The third-order valence-electron chi connectivity index (χ3n) is 6.61. The summed E-state index contributed by atoms with van der Waals surface area (Å²) < 4.78 is 1.17. The molecule has 0 radical (unpaired) electrons. The summed E-state index contributed by atoms with van der Waals surface area (Å²) in [7, 11) is 0. The minimum Gasteiger partial charge on any atom is -0.0558 e. The molecule has 0 aromatic heterocycles. The molecule has 2 aromatic carbocycles. The molecule has 0 unspecified atom stereocenters. The van der Waals surface area contributed by atoms with E-state index >= 15 is 0 Å². The number of hydrogen-bond donors (Lipinski definition) is 0. The molecule has 1 heteroatoms. The van der Waals surface area contributed by atoms with Gasteiger partial charge in [0, 0.05) is 9.89 Å². The summed E-state index contributed by atoms with van der Waals surface area (Å²) in [5.41, 5.74) is 9.55. The van der Waals surface area contributed by atoms with Crippen LogP contribution in [0.15, 0.2) is 34.8 Å². The van der Waals surface area contributed by atoms with E-state index in [4.69, 9.17) is 0 Å². The highest BCUT2D eigenvalue weighted by Crippen LogP contribution is 2.54. The number of halogens is 1. The van der Waals surface area contributed by atoms with E-state index < -0.39 is 0 Å². The maximum Gasteiger partial charge on any atom is 0.0178 e. The molecule has 0 fully saturated rings. The molecule has 0 atom stereocenters. The molecule has 2 aliphatic carbocycles. The molecule has 0 saturated heterocycles. The van der Waals surface area contributed by atoms with Crippen molar-refractivity contribution in [1.82, 2.24) is 0 Å². The maximum atomic E-state index is 3.66. The van der Waals surface area contributed by atoms with Gasteiger partial charge in [0.25, 0.3) is 0 Å². The van der Waals surface area contributed by atoms with Crippen LogP contribution in [0.25, 0.3) is 11.1 Å². The Bertz CT molecular complexity index is 853. The maximum absolute atomic E-state index is 3.66. The quantitative estimate of drug-likeness (QED) is 0.455. The average Bonchev–Trinajstić information content (AvgIpc) is 2.71. The normalized spacial score (nSPS) is 21.8. The van der Waals surface area contributed by atoms with Crippen LogP contribution >= 0.6 is 15.9 Å². The van der Waals surface area contributed by atoms with Crippen LogP contribution in [0, 0.1) is 0 Å². The summed E-state index contributed by atoms with van der Waals surface area (Å²) in [5, 5.41) is 0. The van der Waals surface area contributed by atoms with Gasteiger partial charge in [-0.1, -0.05) is 69.6 Å². The molecule has 4 rings (SSSR count). The number of benzene rings is 2. The van der Waals surface area contributed by atoms with E-state index in [1.54, 1.807) is 11.1 Å². The van der Waals surface area contributed by atoms with Gasteiger partial charge in [0.1, 0.15) is 0 Å². The van der Waals surface area contributed by atoms with Gasteiger partial charge in [0.05, 0.1) is 0 Å². The molecular weight excluding hydrogens is 356 g/mol. The summed E-state index contributed by atoms with van der Waals surface area (Å²) in [6.45, 7) is 14.4. The first-order chi connectivity index (χ1) is 11.0. The van der Waals surface area contributed by atoms with E-state index in [0.29, 0.717) is 0 Å². The predicted molar refractivity (Wildman–Crippen MR) is 107 cm³/mol. The largest absolute Gasteiger partial charge is 0.0558 e. The molecular formula is C23H27Br. The third-order valence-corrected chi connectivity index (χ3v) is 7.10. The van der Waals surface area contributed by atoms with Crippen molar-refractivity contribution in [1.29, 1.82) is 0 Å². The van der Waals surface area contributed by atoms with Crippen molar-refractivity contribution in [3.8, 4) is 11.1 Å². The second kappa shape index (κ2) is 4.75. The minimum absolute atomic E-state index is 0.0706. The SMILES string of the molecule is CC1(C)CCC(C)(C)c2cc3c(cc21)-c1ccc(Br)cc1C3(C)C. The van der Waals surface area contributed by atoms with Crippen LogP contribution in [0.2, 0.25) is 0 Å². The zero-order valence-corrected chi connectivity index (χ0v) is 17.3. The fourth-order valence-corrected chi connectivity index (χ4v) is 5.13. The van der Waals surface area contributed by atoms with Crippen LogP contribution in [-0.4, -0.2) is 0 Å². The van der Waals surface area contributed by atoms with E-state index in [-0.39, 0.29) is 16.2 Å². The van der Waals surface area contributed by atoms with E-state index in [9.17, 15) is 0 Å². The number of hydrogen-bond acceptors (Lipinski definition) is 0. The van der Waals surface area contributed by atoms with Crippen molar-refractivity contribution in [2.75, 3.05) is 0 Å². The molecule has 0 aliphatic heterocycles. The smallest absolute Gasteiger partial charge is 0.0178 e. The van der Waals surface area contributed by atoms with Crippen molar-refractivity contribution >= 4 is 15.9 Å². The first kappa shape index (κ1) is 16.4. The Hall–Kier alpha value is -1.08. The van der Waals surface area contributed by atoms with E-state index in [0.717, 1.165) is 0 Å². The fraction of sp³-hybridized carbons (Fsp3) is 0.478. The van der Waals surface area contributed by atoms with Crippen molar-refractivity contribution in [3.63, 3.8) is 0 Å². The summed E-state index contributed by atoms with van der Waals surface area (Å²) >= 11 is 3.66. The van der Waals surface area contributed by atoms with E-state index in [1.165, 1.54) is 39.6 Å². The minimum atomic E-state index is 0.0706. The van der Waals surface area contributed by atoms with Crippen molar-refractivity contribution in [2.24, 2.45) is 0 Å². The van der Waals surface area contributed by atoms with Gasteiger partial charge in [-0.2, -0.15) is 0 Å². The molecule has 24 heavy (non-hydrogen) atoms. The molecule has 2 aromatic rings. The standard InChI is InChI=1S/C23H27Br/c1-21(2)9-10-22(3,4)20-13-18-16(12-19(20)21)15-8-7-14(24)11-17(15)23(18,5)6/h7-8,11-13H,9-10H2,1-6H3. The zero-order valence-electron chi connectivity index (χ0n) is 15.7. The van der Waals surface area contributed by atoms with Gasteiger partial charge < -0.3 is 0 Å². The number of fused-ring (bicyclic) bond motifs is 4. The Morgan fingerprint density at radius 1 is 0.667 bits per heavy atom. The van der Waals surface area contributed by atoms with Gasteiger partial charge in [-0.15, -0.1) is 0 Å². The molecule has 0 saturated carbocycles. The van der Waals surface area contributed by atoms with Gasteiger partial charge in [0.2, 0.25) is 0 Å². The fourth-order valence-electron chi connectivity index (χ4n) is 4.77. The summed E-state index contributed by atoms with van der Waals surface area (Å²) in [5.74, 6) is 0. The molecule has 0 bridgehead atoms. The van der Waals surface area contributed by atoms with Crippen LogP contribution in [0.3, 0.4) is 0 Å². The molecule has 0 heterocycles. The van der Waals surface area contributed by atoms with Gasteiger partial charge >= 0.3 is 0 Å². The first-order valence-corrected chi connectivity index (χ1v) is 9.83. The Labute approximate surface area is 154 Å². The molecule has 0 amide bonds. The lowest BCUT2D eigenvalue weighted by molar-refractivity contribution is 0.331. The molecule has 126 valence electrons. The Balaban J connectivity index is 2.06. The summed E-state index contributed by atoms with van der Waals surface area (Å²) in [6, 6.07) is 11.8. The Morgan fingerprint density at radius 3 is 1.83 bits per heavy atom. The zero-order chi connectivity index (χ0) is 17.5. The molecule has 2 aliphatic rings. The van der Waals surface area contributed by atoms with Gasteiger partial charge in [-0.05, 0) is 75.3 Å². The van der Waals surface area contributed by atoms with Gasteiger partial charge in [-0.3, -0.25) is 0 Å². The van der Waals surface area contributed by atoms with Gasteiger partial charge in [0.15, 0.2) is 0 Å².